The standard InChI is InChI=1S/C19H36N2/c1-19(2)11-10-17(20-3)16(13-19)14-21-12-6-9-18(21)15-7-4-5-8-15/h15-18,20H,4-14H2,1-3H3. The Bertz CT molecular complexity index is 332. The number of nitrogens with one attached hydrogen (secondary N) is 1. The van der Waals surface area contributed by atoms with E-state index in [9.17, 15) is 0 Å². The Morgan fingerprint density at radius 3 is 2.52 bits per heavy atom. The summed E-state index contributed by atoms with van der Waals surface area (Å²) in [6.45, 7) is 7.68. The fourth-order valence-corrected chi connectivity index (χ4v) is 5.56. The highest BCUT2D eigenvalue weighted by Crippen LogP contribution is 2.41. The fourth-order valence-electron chi connectivity index (χ4n) is 5.56. The summed E-state index contributed by atoms with van der Waals surface area (Å²) in [7, 11) is 2.18. The molecule has 3 atom stereocenters. The highest BCUT2D eigenvalue weighted by Gasteiger charge is 2.39. The van der Waals surface area contributed by atoms with Gasteiger partial charge in [-0.1, -0.05) is 26.7 Å². The molecule has 0 aromatic rings. The summed E-state index contributed by atoms with van der Waals surface area (Å²) in [5, 5.41) is 3.62. The third-order valence-corrected chi connectivity index (χ3v) is 6.71. The first-order valence-electron chi connectivity index (χ1n) is 9.50. The van der Waals surface area contributed by atoms with E-state index in [2.05, 4.69) is 31.1 Å². The zero-order chi connectivity index (χ0) is 14.9. The molecule has 3 rings (SSSR count). The van der Waals surface area contributed by atoms with Crippen molar-refractivity contribution in [1.29, 1.82) is 0 Å². The number of hydrogen-bond donors (Lipinski definition) is 1. The second kappa shape index (κ2) is 6.58. The summed E-state index contributed by atoms with van der Waals surface area (Å²) >= 11 is 0. The molecule has 0 radical (unpaired) electrons. The maximum atomic E-state index is 3.62. The summed E-state index contributed by atoms with van der Waals surface area (Å²) in [6.07, 6.45) is 13.1. The molecule has 2 heteroatoms. The van der Waals surface area contributed by atoms with E-state index in [1.54, 1.807) is 0 Å². The summed E-state index contributed by atoms with van der Waals surface area (Å²) in [4.78, 5) is 2.90. The highest BCUT2D eigenvalue weighted by molar-refractivity contribution is 4.93. The van der Waals surface area contributed by atoms with E-state index in [1.807, 2.05) is 0 Å². The minimum atomic E-state index is 0.556. The van der Waals surface area contributed by atoms with Crippen LogP contribution in [0.5, 0.6) is 0 Å². The Kier molecular flexibility index (Phi) is 4.95. The number of likely N-dealkylation sites (tertiary alicyclic amines) is 1. The SMILES string of the molecule is CNC1CCC(C)(C)CC1CN1CCCC1C1CCCC1. The summed E-state index contributed by atoms with van der Waals surface area (Å²) < 4.78 is 0. The molecule has 3 fully saturated rings. The molecule has 0 bridgehead atoms. The van der Waals surface area contributed by atoms with Crippen LogP contribution < -0.4 is 5.32 Å². The molecular weight excluding hydrogens is 256 g/mol. The van der Waals surface area contributed by atoms with Crippen molar-refractivity contribution in [2.24, 2.45) is 17.3 Å². The molecule has 2 saturated carbocycles. The average molecular weight is 293 g/mol. The second-order valence-electron chi connectivity index (χ2n) is 8.81. The van der Waals surface area contributed by atoms with Crippen molar-refractivity contribution in [3.8, 4) is 0 Å². The molecule has 21 heavy (non-hydrogen) atoms. The van der Waals surface area contributed by atoms with E-state index in [0.717, 1.165) is 23.9 Å². The first-order chi connectivity index (χ1) is 10.1. The van der Waals surface area contributed by atoms with Crippen LogP contribution in [0, 0.1) is 17.3 Å². The summed E-state index contributed by atoms with van der Waals surface area (Å²) in [5.74, 6) is 1.89. The lowest BCUT2D eigenvalue weighted by Gasteiger charge is -2.43. The third kappa shape index (κ3) is 3.64. The van der Waals surface area contributed by atoms with Gasteiger partial charge in [-0.05, 0) is 75.8 Å². The molecule has 0 aromatic heterocycles. The van der Waals surface area contributed by atoms with Crippen LogP contribution in [0.25, 0.3) is 0 Å². The van der Waals surface area contributed by atoms with E-state index >= 15 is 0 Å². The minimum Gasteiger partial charge on any atom is -0.317 e. The second-order valence-corrected chi connectivity index (χ2v) is 8.81. The molecule has 3 unspecified atom stereocenters. The fraction of sp³-hybridized carbons (Fsp3) is 1.00. The van der Waals surface area contributed by atoms with Crippen LogP contribution >= 0.6 is 0 Å². The Balaban J connectivity index is 1.62. The largest absolute Gasteiger partial charge is 0.317 e. The van der Waals surface area contributed by atoms with Gasteiger partial charge in [0.15, 0.2) is 0 Å². The predicted octanol–water partition coefficient (Wildman–Crippen LogP) is 4.06. The van der Waals surface area contributed by atoms with Crippen LogP contribution in [0.2, 0.25) is 0 Å². The van der Waals surface area contributed by atoms with Crippen LogP contribution in [0.15, 0.2) is 0 Å². The van der Waals surface area contributed by atoms with Crippen LogP contribution in [0.1, 0.15) is 71.6 Å². The van der Waals surface area contributed by atoms with Crippen molar-refractivity contribution in [2.75, 3.05) is 20.1 Å². The van der Waals surface area contributed by atoms with Crippen LogP contribution in [0.4, 0.5) is 0 Å². The van der Waals surface area contributed by atoms with Gasteiger partial charge in [-0.15, -0.1) is 0 Å². The number of hydrogen-bond acceptors (Lipinski definition) is 2. The van der Waals surface area contributed by atoms with Gasteiger partial charge in [-0.3, -0.25) is 4.90 Å². The van der Waals surface area contributed by atoms with Crippen LogP contribution in [-0.4, -0.2) is 37.1 Å². The zero-order valence-corrected chi connectivity index (χ0v) is 14.5. The van der Waals surface area contributed by atoms with Crippen molar-refractivity contribution < 1.29 is 0 Å². The van der Waals surface area contributed by atoms with Gasteiger partial charge in [0.1, 0.15) is 0 Å². The Morgan fingerprint density at radius 1 is 1.05 bits per heavy atom. The predicted molar refractivity (Wildman–Crippen MR) is 90.5 cm³/mol. The van der Waals surface area contributed by atoms with Crippen molar-refractivity contribution in [1.82, 2.24) is 10.2 Å². The highest BCUT2D eigenvalue weighted by atomic mass is 15.2. The third-order valence-electron chi connectivity index (χ3n) is 6.71. The zero-order valence-electron chi connectivity index (χ0n) is 14.5. The van der Waals surface area contributed by atoms with Gasteiger partial charge in [0.25, 0.3) is 0 Å². The van der Waals surface area contributed by atoms with Gasteiger partial charge in [0, 0.05) is 18.6 Å². The van der Waals surface area contributed by atoms with E-state index in [4.69, 9.17) is 0 Å². The number of rotatable bonds is 4. The maximum Gasteiger partial charge on any atom is 0.0124 e. The van der Waals surface area contributed by atoms with Crippen molar-refractivity contribution in [3.05, 3.63) is 0 Å². The molecule has 1 N–H and O–H groups in total. The molecule has 0 amide bonds. The molecule has 0 aromatic carbocycles. The lowest BCUT2D eigenvalue weighted by Crippen LogP contribution is -2.48. The van der Waals surface area contributed by atoms with E-state index in [-0.39, 0.29) is 0 Å². The molecule has 2 nitrogen and oxygen atoms in total. The molecule has 3 aliphatic rings. The monoisotopic (exact) mass is 292 g/mol. The molecule has 1 saturated heterocycles. The van der Waals surface area contributed by atoms with Crippen LogP contribution in [-0.2, 0) is 0 Å². The molecule has 1 aliphatic heterocycles. The van der Waals surface area contributed by atoms with Gasteiger partial charge in [0.05, 0.1) is 0 Å². The van der Waals surface area contributed by atoms with Gasteiger partial charge >= 0.3 is 0 Å². The van der Waals surface area contributed by atoms with Gasteiger partial charge in [-0.25, -0.2) is 0 Å². The van der Waals surface area contributed by atoms with E-state index in [1.165, 1.54) is 70.9 Å². The van der Waals surface area contributed by atoms with E-state index < -0.39 is 0 Å². The lowest BCUT2D eigenvalue weighted by atomic mass is 9.69. The maximum absolute atomic E-state index is 3.62. The molecule has 122 valence electrons. The molecular formula is C19H36N2. The normalized spacial score (nSPS) is 38.1. The van der Waals surface area contributed by atoms with Crippen molar-refractivity contribution >= 4 is 0 Å². The summed E-state index contributed by atoms with van der Waals surface area (Å²) in [5.41, 5.74) is 0.556. The topological polar surface area (TPSA) is 15.3 Å². The summed E-state index contributed by atoms with van der Waals surface area (Å²) in [6, 6.07) is 1.68. The molecule has 1 heterocycles. The molecule has 0 spiro atoms. The van der Waals surface area contributed by atoms with Gasteiger partial charge in [-0.2, -0.15) is 0 Å². The van der Waals surface area contributed by atoms with Gasteiger partial charge in [0.2, 0.25) is 0 Å². The Hall–Kier alpha value is -0.0800. The lowest BCUT2D eigenvalue weighted by molar-refractivity contribution is 0.0857. The van der Waals surface area contributed by atoms with Crippen molar-refractivity contribution in [3.63, 3.8) is 0 Å². The average Bonchev–Trinajstić information content (AvgIpc) is 3.08. The van der Waals surface area contributed by atoms with Crippen LogP contribution in [0.3, 0.4) is 0 Å². The van der Waals surface area contributed by atoms with Gasteiger partial charge < -0.3 is 5.32 Å². The Morgan fingerprint density at radius 2 is 1.81 bits per heavy atom. The smallest absolute Gasteiger partial charge is 0.0124 e. The first-order valence-corrected chi connectivity index (χ1v) is 9.50. The molecule has 2 aliphatic carbocycles. The van der Waals surface area contributed by atoms with E-state index in [0.29, 0.717) is 5.41 Å². The Labute approximate surface area is 132 Å². The minimum absolute atomic E-state index is 0.556. The quantitative estimate of drug-likeness (QED) is 0.841. The van der Waals surface area contributed by atoms with Crippen molar-refractivity contribution in [2.45, 2.75) is 83.7 Å². The number of nitrogens with zero attached hydrogens (tertiary/aromatic N) is 1. The first kappa shape index (κ1) is 15.8.